The molecule has 0 aliphatic heterocycles. The van der Waals surface area contributed by atoms with Crippen molar-refractivity contribution in [1.82, 2.24) is 4.90 Å². The Kier molecular flexibility index (Phi) is 4.59. The van der Waals surface area contributed by atoms with Crippen molar-refractivity contribution >= 4 is 5.69 Å². The summed E-state index contributed by atoms with van der Waals surface area (Å²) in [5.41, 5.74) is 1.13. The number of hydrogen-bond acceptors (Lipinski definition) is 3. The molecule has 1 unspecified atom stereocenters. The summed E-state index contributed by atoms with van der Waals surface area (Å²) >= 11 is 0. The van der Waals surface area contributed by atoms with Crippen LogP contribution in [0.2, 0.25) is 0 Å². The summed E-state index contributed by atoms with van der Waals surface area (Å²) in [5, 5.41) is 9.77. The average Bonchev–Trinajstić information content (AvgIpc) is 2.17. The Morgan fingerprint density at radius 3 is 2.20 bits per heavy atom. The molecule has 3 nitrogen and oxygen atoms in total. The van der Waals surface area contributed by atoms with Gasteiger partial charge >= 0.3 is 0 Å². The Morgan fingerprint density at radius 1 is 1.07 bits per heavy atom. The van der Waals surface area contributed by atoms with Crippen LogP contribution < -0.4 is 4.90 Å². The zero-order valence-corrected chi connectivity index (χ0v) is 9.72. The molecule has 84 valence electrons. The molecule has 0 spiro atoms. The van der Waals surface area contributed by atoms with Gasteiger partial charge in [-0.05, 0) is 26.2 Å². The van der Waals surface area contributed by atoms with E-state index in [-0.39, 0.29) is 6.10 Å². The van der Waals surface area contributed by atoms with E-state index in [0.717, 1.165) is 5.69 Å². The summed E-state index contributed by atoms with van der Waals surface area (Å²) in [6.07, 6.45) is -0.315. The molecule has 0 radical (unpaired) electrons. The Balaban J connectivity index is 2.45. The third-order valence-corrected chi connectivity index (χ3v) is 2.26. The molecule has 1 aromatic rings. The van der Waals surface area contributed by atoms with Gasteiger partial charge in [0.25, 0.3) is 0 Å². The predicted octanol–water partition coefficient (Wildman–Crippen LogP) is 1.05. The van der Waals surface area contributed by atoms with Crippen molar-refractivity contribution < 1.29 is 5.11 Å². The molecule has 0 fully saturated rings. The molecule has 1 atom stereocenters. The Morgan fingerprint density at radius 2 is 1.67 bits per heavy atom. The zero-order valence-electron chi connectivity index (χ0n) is 9.72. The molecule has 0 bridgehead atoms. The maximum absolute atomic E-state index is 9.77. The van der Waals surface area contributed by atoms with Gasteiger partial charge in [0.2, 0.25) is 0 Å². The molecular weight excluding hydrogens is 188 g/mol. The summed E-state index contributed by atoms with van der Waals surface area (Å²) < 4.78 is 0. The minimum atomic E-state index is -0.315. The smallest absolute Gasteiger partial charge is 0.0841 e. The molecule has 0 heterocycles. The summed E-state index contributed by atoms with van der Waals surface area (Å²) in [7, 11) is 5.92. The molecule has 1 rings (SSSR count). The van der Waals surface area contributed by atoms with Gasteiger partial charge in [-0.25, -0.2) is 0 Å². The highest BCUT2D eigenvalue weighted by Gasteiger charge is 2.09. The first-order valence-corrected chi connectivity index (χ1v) is 5.18. The van der Waals surface area contributed by atoms with Crippen molar-refractivity contribution in [3.8, 4) is 0 Å². The van der Waals surface area contributed by atoms with Crippen LogP contribution in [0.4, 0.5) is 5.69 Å². The van der Waals surface area contributed by atoms with Crippen LogP contribution in [0.25, 0.3) is 0 Å². The monoisotopic (exact) mass is 208 g/mol. The molecule has 0 amide bonds. The van der Waals surface area contributed by atoms with E-state index in [1.54, 1.807) is 0 Å². The van der Waals surface area contributed by atoms with Gasteiger partial charge in [-0.1, -0.05) is 18.2 Å². The predicted molar refractivity (Wildman–Crippen MR) is 64.3 cm³/mol. The van der Waals surface area contributed by atoms with Crippen LogP contribution in [-0.4, -0.2) is 50.3 Å². The minimum Gasteiger partial charge on any atom is -0.390 e. The minimum absolute atomic E-state index is 0.315. The lowest BCUT2D eigenvalue weighted by molar-refractivity contribution is 0.143. The maximum Gasteiger partial charge on any atom is 0.0841 e. The van der Waals surface area contributed by atoms with Crippen LogP contribution >= 0.6 is 0 Å². The normalized spacial score (nSPS) is 12.9. The zero-order chi connectivity index (χ0) is 11.3. The molecule has 0 aromatic heterocycles. The molecule has 0 aliphatic carbocycles. The first kappa shape index (κ1) is 12.0. The van der Waals surface area contributed by atoms with Gasteiger partial charge < -0.3 is 14.9 Å². The topological polar surface area (TPSA) is 26.7 Å². The molecule has 1 aromatic carbocycles. The Bertz CT molecular complexity index is 274. The molecule has 1 N–H and O–H groups in total. The first-order chi connectivity index (χ1) is 7.09. The first-order valence-electron chi connectivity index (χ1n) is 5.18. The third-order valence-electron chi connectivity index (χ3n) is 2.26. The number of aliphatic hydroxyl groups is 1. The van der Waals surface area contributed by atoms with Crippen molar-refractivity contribution in [3.05, 3.63) is 30.3 Å². The summed E-state index contributed by atoms with van der Waals surface area (Å²) in [5.74, 6) is 0. The van der Waals surface area contributed by atoms with Gasteiger partial charge in [-0.3, -0.25) is 0 Å². The summed E-state index contributed by atoms with van der Waals surface area (Å²) in [6.45, 7) is 1.35. The number of nitrogens with zero attached hydrogens (tertiary/aromatic N) is 2. The molecule has 0 saturated carbocycles. The third kappa shape index (κ3) is 4.32. The van der Waals surface area contributed by atoms with Crippen molar-refractivity contribution in [2.24, 2.45) is 0 Å². The molecular formula is C12H20N2O. The largest absolute Gasteiger partial charge is 0.390 e. The van der Waals surface area contributed by atoms with E-state index >= 15 is 0 Å². The van der Waals surface area contributed by atoms with Crippen LogP contribution in [0, 0.1) is 0 Å². The number of para-hydroxylation sites is 1. The van der Waals surface area contributed by atoms with Crippen molar-refractivity contribution in [2.45, 2.75) is 6.10 Å². The van der Waals surface area contributed by atoms with E-state index in [4.69, 9.17) is 0 Å². The molecule has 0 aliphatic rings. The van der Waals surface area contributed by atoms with Gasteiger partial charge in [0.05, 0.1) is 6.10 Å². The second kappa shape index (κ2) is 5.73. The van der Waals surface area contributed by atoms with Crippen LogP contribution in [0.3, 0.4) is 0 Å². The van der Waals surface area contributed by atoms with Crippen LogP contribution in [-0.2, 0) is 0 Å². The van der Waals surface area contributed by atoms with Gasteiger partial charge in [-0.15, -0.1) is 0 Å². The van der Waals surface area contributed by atoms with E-state index in [9.17, 15) is 5.11 Å². The molecule has 0 saturated heterocycles. The fourth-order valence-corrected chi connectivity index (χ4v) is 1.58. The number of hydrogen-bond donors (Lipinski definition) is 1. The lowest BCUT2D eigenvalue weighted by Gasteiger charge is -2.24. The number of anilines is 1. The molecule has 15 heavy (non-hydrogen) atoms. The standard InChI is InChI=1S/C12H20N2O/c1-13(2)9-12(15)10-14(3)11-7-5-4-6-8-11/h4-8,12,15H,9-10H2,1-3H3. The number of likely N-dealkylation sites (N-methyl/N-ethyl adjacent to an activating group) is 2. The highest BCUT2D eigenvalue weighted by Crippen LogP contribution is 2.11. The van der Waals surface area contributed by atoms with E-state index in [0.29, 0.717) is 13.1 Å². The van der Waals surface area contributed by atoms with Gasteiger partial charge in [-0.2, -0.15) is 0 Å². The van der Waals surface area contributed by atoms with Gasteiger partial charge in [0, 0.05) is 25.8 Å². The van der Waals surface area contributed by atoms with Crippen molar-refractivity contribution in [1.29, 1.82) is 0 Å². The fraction of sp³-hybridized carbons (Fsp3) is 0.500. The second-order valence-electron chi connectivity index (χ2n) is 4.13. The van der Waals surface area contributed by atoms with E-state index in [1.807, 2.05) is 56.4 Å². The van der Waals surface area contributed by atoms with Crippen LogP contribution in [0.5, 0.6) is 0 Å². The average molecular weight is 208 g/mol. The number of rotatable bonds is 5. The van der Waals surface area contributed by atoms with Crippen molar-refractivity contribution in [2.75, 3.05) is 39.1 Å². The van der Waals surface area contributed by atoms with Crippen LogP contribution in [0.1, 0.15) is 0 Å². The van der Waals surface area contributed by atoms with E-state index < -0.39 is 0 Å². The van der Waals surface area contributed by atoms with Gasteiger partial charge in [0.15, 0.2) is 0 Å². The quantitative estimate of drug-likeness (QED) is 0.783. The summed E-state index contributed by atoms with van der Waals surface area (Å²) in [6, 6.07) is 10.1. The number of benzene rings is 1. The SMILES string of the molecule is CN(C)CC(O)CN(C)c1ccccc1. The lowest BCUT2D eigenvalue weighted by Crippen LogP contribution is -2.36. The van der Waals surface area contributed by atoms with Crippen LogP contribution in [0.15, 0.2) is 30.3 Å². The van der Waals surface area contributed by atoms with Crippen molar-refractivity contribution in [3.63, 3.8) is 0 Å². The van der Waals surface area contributed by atoms with E-state index in [2.05, 4.69) is 4.90 Å². The van der Waals surface area contributed by atoms with Gasteiger partial charge in [0.1, 0.15) is 0 Å². The fourth-order valence-electron chi connectivity index (χ4n) is 1.58. The van der Waals surface area contributed by atoms with E-state index in [1.165, 1.54) is 0 Å². The second-order valence-corrected chi connectivity index (χ2v) is 4.13. The highest BCUT2D eigenvalue weighted by molar-refractivity contribution is 5.45. The summed E-state index contributed by atoms with van der Waals surface area (Å²) in [4.78, 5) is 4.05. The number of aliphatic hydroxyl groups excluding tert-OH is 1. The lowest BCUT2D eigenvalue weighted by atomic mass is 10.2. The molecule has 3 heteroatoms. The Hall–Kier alpha value is -1.06. The maximum atomic E-state index is 9.77. The Labute approximate surface area is 91.9 Å². The highest BCUT2D eigenvalue weighted by atomic mass is 16.3.